The maximum Gasteiger partial charge on any atom is 0.434 e. The quantitative estimate of drug-likeness (QED) is 0.219. The first-order valence-corrected chi connectivity index (χ1v) is 10.0. The largest absolute Gasteiger partial charge is 0.434 e. The Balaban J connectivity index is 0.00000450. The lowest BCUT2D eigenvalue weighted by Gasteiger charge is -2.23. The van der Waals surface area contributed by atoms with Gasteiger partial charge >= 0.3 is 6.18 Å². The van der Waals surface area contributed by atoms with Gasteiger partial charge in [0.25, 0.3) is 0 Å². The summed E-state index contributed by atoms with van der Waals surface area (Å²) in [6.07, 6.45) is -4.07. The van der Waals surface area contributed by atoms with Crippen molar-refractivity contribution in [3.63, 3.8) is 0 Å². The Morgan fingerprint density at radius 1 is 1.27 bits per heavy atom. The molecule has 1 aromatic heterocycles. The second kappa shape index (κ2) is 12.4. The lowest BCUT2D eigenvalue weighted by Crippen LogP contribution is -2.39. The standard InChI is InChI=1S/C19H25F4N5S.HI/c1-4-24-18(25-9-8-17-27-16(12-29-17)19(21,22)23)26-11-15(28(2)3)13-6-5-7-14(20)10-13;/h5-7,10,12,15H,4,8-9,11H2,1-3H3,(H2,24,25,26);1H. The highest BCUT2D eigenvalue weighted by Gasteiger charge is 2.33. The van der Waals surface area contributed by atoms with Gasteiger partial charge in [0.2, 0.25) is 0 Å². The van der Waals surface area contributed by atoms with Gasteiger partial charge in [-0.1, -0.05) is 12.1 Å². The van der Waals surface area contributed by atoms with Crippen molar-refractivity contribution in [3.8, 4) is 0 Å². The van der Waals surface area contributed by atoms with Crippen LogP contribution < -0.4 is 10.6 Å². The second-order valence-electron chi connectivity index (χ2n) is 6.56. The molecule has 0 radical (unpaired) electrons. The number of benzene rings is 1. The van der Waals surface area contributed by atoms with E-state index in [0.29, 0.717) is 37.0 Å². The van der Waals surface area contributed by atoms with Gasteiger partial charge in [-0.25, -0.2) is 9.37 Å². The topological polar surface area (TPSA) is 52.6 Å². The van der Waals surface area contributed by atoms with E-state index in [0.717, 1.165) is 22.3 Å². The summed E-state index contributed by atoms with van der Waals surface area (Å²) in [5.74, 6) is 0.244. The number of aromatic nitrogens is 1. The van der Waals surface area contributed by atoms with E-state index in [1.165, 1.54) is 12.1 Å². The van der Waals surface area contributed by atoms with Crippen molar-refractivity contribution in [2.24, 2.45) is 4.99 Å². The van der Waals surface area contributed by atoms with Crippen LogP contribution in [0.2, 0.25) is 0 Å². The lowest BCUT2D eigenvalue weighted by molar-refractivity contribution is -0.140. The molecule has 0 bridgehead atoms. The van der Waals surface area contributed by atoms with Gasteiger partial charge in [-0.05, 0) is 38.7 Å². The van der Waals surface area contributed by atoms with Gasteiger partial charge in [0.15, 0.2) is 11.7 Å². The molecule has 2 aromatic rings. The van der Waals surface area contributed by atoms with Crippen LogP contribution in [0.1, 0.15) is 29.2 Å². The number of guanidine groups is 1. The van der Waals surface area contributed by atoms with Crippen LogP contribution in [-0.2, 0) is 12.6 Å². The molecule has 168 valence electrons. The van der Waals surface area contributed by atoms with Crippen LogP contribution >= 0.6 is 35.3 Å². The summed E-state index contributed by atoms with van der Waals surface area (Å²) in [7, 11) is 3.79. The predicted molar refractivity (Wildman–Crippen MR) is 123 cm³/mol. The SMILES string of the molecule is CCNC(=NCC(c1cccc(F)c1)N(C)C)NCCc1nc(C(F)(F)F)cs1.I. The average Bonchev–Trinajstić information content (AvgIpc) is 3.11. The number of nitrogens with zero attached hydrogens (tertiary/aromatic N) is 3. The molecule has 1 unspecified atom stereocenters. The Labute approximate surface area is 195 Å². The molecule has 11 heteroatoms. The van der Waals surface area contributed by atoms with Crippen molar-refractivity contribution in [2.75, 3.05) is 33.7 Å². The minimum atomic E-state index is -4.42. The minimum absolute atomic E-state index is 0. The third kappa shape index (κ3) is 8.34. The summed E-state index contributed by atoms with van der Waals surface area (Å²) >= 11 is 0.989. The average molecular weight is 559 g/mol. The zero-order valence-electron chi connectivity index (χ0n) is 17.0. The highest BCUT2D eigenvalue weighted by atomic mass is 127. The second-order valence-corrected chi connectivity index (χ2v) is 7.50. The van der Waals surface area contributed by atoms with Gasteiger partial charge in [-0.2, -0.15) is 13.2 Å². The molecule has 2 rings (SSSR count). The number of halogens is 5. The normalized spacial score (nSPS) is 13.1. The Kier molecular flexibility index (Phi) is 11.0. The highest BCUT2D eigenvalue weighted by Crippen LogP contribution is 2.30. The smallest absolute Gasteiger partial charge is 0.357 e. The first kappa shape index (κ1) is 26.6. The Bertz CT molecular complexity index is 810. The summed E-state index contributed by atoms with van der Waals surface area (Å²) in [4.78, 5) is 10.1. The molecule has 0 aliphatic heterocycles. The van der Waals surface area contributed by atoms with E-state index in [-0.39, 0.29) is 35.8 Å². The predicted octanol–water partition coefficient (Wildman–Crippen LogP) is 4.32. The fraction of sp³-hybridized carbons (Fsp3) is 0.474. The summed E-state index contributed by atoms with van der Waals surface area (Å²) in [5.41, 5.74) is -0.0425. The van der Waals surface area contributed by atoms with E-state index >= 15 is 0 Å². The minimum Gasteiger partial charge on any atom is -0.357 e. The van der Waals surface area contributed by atoms with Crippen molar-refractivity contribution in [2.45, 2.75) is 25.6 Å². The van der Waals surface area contributed by atoms with Gasteiger partial charge in [0, 0.05) is 24.9 Å². The summed E-state index contributed by atoms with van der Waals surface area (Å²) < 4.78 is 51.4. The van der Waals surface area contributed by atoms with Crippen LogP contribution in [0.25, 0.3) is 0 Å². The maximum atomic E-state index is 13.6. The molecule has 0 saturated heterocycles. The van der Waals surface area contributed by atoms with E-state index in [1.54, 1.807) is 6.07 Å². The molecule has 2 N–H and O–H groups in total. The van der Waals surface area contributed by atoms with Crippen LogP contribution in [0, 0.1) is 5.82 Å². The molecule has 1 aromatic carbocycles. The number of likely N-dealkylation sites (N-methyl/N-ethyl adjacent to an activating group) is 1. The summed E-state index contributed by atoms with van der Waals surface area (Å²) in [6, 6.07) is 6.28. The zero-order valence-corrected chi connectivity index (χ0v) is 20.1. The molecule has 1 heterocycles. The number of rotatable bonds is 8. The van der Waals surface area contributed by atoms with Crippen molar-refractivity contribution >= 4 is 41.3 Å². The van der Waals surface area contributed by atoms with Crippen LogP contribution in [0.4, 0.5) is 17.6 Å². The number of aliphatic imine (C=N–C) groups is 1. The number of nitrogens with one attached hydrogen (secondary N) is 2. The molecule has 30 heavy (non-hydrogen) atoms. The number of alkyl halides is 3. The van der Waals surface area contributed by atoms with Crippen LogP contribution in [0.3, 0.4) is 0 Å². The van der Waals surface area contributed by atoms with Crippen LogP contribution in [0.15, 0.2) is 34.6 Å². The molecule has 0 amide bonds. The first-order valence-electron chi connectivity index (χ1n) is 9.16. The van der Waals surface area contributed by atoms with Gasteiger partial charge in [0.05, 0.1) is 17.6 Å². The zero-order chi connectivity index (χ0) is 21.4. The van der Waals surface area contributed by atoms with Gasteiger partial charge in [-0.3, -0.25) is 4.99 Å². The number of hydrogen-bond donors (Lipinski definition) is 2. The summed E-state index contributed by atoms with van der Waals surface area (Å²) in [5, 5.41) is 7.64. The molecule has 0 aliphatic rings. The molecule has 0 fully saturated rings. The number of thiazole rings is 1. The van der Waals surface area contributed by atoms with E-state index in [4.69, 9.17) is 0 Å². The van der Waals surface area contributed by atoms with Crippen LogP contribution in [0.5, 0.6) is 0 Å². The molecule has 5 nitrogen and oxygen atoms in total. The Morgan fingerprint density at radius 3 is 2.57 bits per heavy atom. The monoisotopic (exact) mass is 559 g/mol. The molecule has 0 saturated carbocycles. The molecule has 1 atom stereocenters. The van der Waals surface area contributed by atoms with Crippen molar-refractivity contribution < 1.29 is 17.6 Å². The van der Waals surface area contributed by atoms with E-state index in [2.05, 4.69) is 20.6 Å². The van der Waals surface area contributed by atoms with Crippen molar-refractivity contribution in [1.29, 1.82) is 0 Å². The van der Waals surface area contributed by atoms with Crippen molar-refractivity contribution in [1.82, 2.24) is 20.5 Å². The van der Waals surface area contributed by atoms with E-state index in [1.807, 2.05) is 32.0 Å². The summed E-state index contributed by atoms with van der Waals surface area (Å²) in [6.45, 7) is 3.34. The lowest BCUT2D eigenvalue weighted by atomic mass is 10.1. The molecular weight excluding hydrogens is 533 g/mol. The third-order valence-electron chi connectivity index (χ3n) is 4.10. The fourth-order valence-corrected chi connectivity index (χ4v) is 3.45. The van der Waals surface area contributed by atoms with E-state index in [9.17, 15) is 17.6 Å². The molecule has 0 spiro atoms. The van der Waals surface area contributed by atoms with Crippen molar-refractivity contribution in [3.05, 3.63) is 51.7 Å². The highest BCUT2D eigenvalue weighted by molar-refractivity contribution is 14.0. The van der Waals surface area contributed by atoms with Gasteiger partial charge < -0.3 is 15.5 Å². The molecule has 0 aliphatic carbocycles. The van der Waals surface area contributed by atoms with E-state index < -0.39 is 11.9 Å². The Hall–Kier alpha value is -1.47. The number of hydrogen-bond acceptors (Lipinski definition) is 4. The maximum absolute atomic E-state index is 13.6. The van der Waals surface area contributed by atoms with Gasteiger partial charge in [0.1, 0.15) is 5.82 Å². The molecular formula is C19H26F4IN5S. The third-order valence-corrected chi connectivity index (χ3v) is 5.01. The fourth-order valence-electron chi connectivity index (χ4n) is 2.64. The first-order chi connectivity index (χ1) is 13.7. The van der Waals surface area contributed by atoms with Crippen LogP contribution in [-0.4, -0.2) is 49.6 Å². The van der Waals surface area contributed by atoms with Gasteiger partial charge in [-0.15, -0.1) is 35.3 Å². The Morgan fingerprint density at radius 2 is 2.00 bits per heavy atom.